The third-order valence-corrected chi connectivity index (χ3v) is 4.07. The molecule has 3 aromatic rings. The Kier molecular flexibility index (Phi) is 3.34. The van der Waals surface area contributed by atoms with Crippen LogP contribution in [0.5, 0.6) is 11.5 Å². The van der Waals surface area contributed by atoms with Crippen LogP contribution in [0.2, 0.25) is 0 Å². The van der Waals surface area contributed by atoms with Crippen LogP contribution >= 0.6 is 0 Å². The highest BCUT2D eigenvalue weighted by atomic mass is 16.7. The SMILES string of the molecule is CCCn1c(=O)[nH]c(=O)c2c(-c3ccc4c(c3)OCO4)cc[nH+]c21. The maximum Gasteiger partial charge on any atom is 0.415 e. The van der Waals surface area contributed by atoms with Gasteiger partial charge in [0, 0.05) is 5.56 Å². The Morgan fingerprint density at radius 2 is 2.04 bits per heavy atom. The highest BCUT2D eigenvalue weighted by Gasteiger charge is 2.20. The van der Waals surface area contributed by atoms with Gasteiger partial charge in [-0.15, -0.1) is 0 Å². The van der Waals surface area contributed by atoms with Crippen molar-refractivity contribution in [1.29, 1.82) is 0 Å². The lowest BCUT2D eigenvalue weighted by Crippen LogP contribution is -2.34. The molecule has 0 spiro atoms. The lowest BCUT2D eigenvalue weighted by molar-refractivity contribution is -0.349. The molecule has 0 fully saturated rings. The number of pyridine rings is 1. The molecule has 7 heteroatoms. The van der Waals surface area contributed by atoms with E-state index in [-0.39, 0.29) is 6.79 Å². The van der Waals surface area contributed by atoms with E-state index in [9.17, 15) is 9.59 Å². The standard InChI is InChI=1S/C17H15N3O4/c1-2-7-20-15-14(16(21)19-17(20)22)11(5-6-18-15)10-3-4-12-13(8-10)24-9-23-12/h3-6,8H,2,7,9H2,1H3,(H,19,21,22)/p+1. The Labute approximate surface area is 136 Å². The molecule has 2 aromatic heterocycles. The second-order valence-corrected chi connectivity index (χ2v) is 5.59. The molecule has 0 bridgehead atoms. The third kappa shape index (κ3) is 2.17. The van der Waals surface area contributed by atoms with Crippen LogP contribution in [-0.4, -0.2) is 16.3 Å². The summed E-state index contributed by atoms with van der Waals surface area (Å²) in [6.07, 6.45) is 2.51. The number of H-pyrrole nitrogens is 2. The Hall–Kier alpha value is -3.09. The van der Waals surface area contributed by atoms with E-state index in [1.54, 1.807) is 10.8 Å². The normalized spacial score (nSPS) is 12.7. The van der Waals surface area contributed by atoms with Crippen molar-refractivity contribution in [2.24, 2.45) is 0 Å². The fraction of sp³-hybridized carbons (Fsp3) is 0.235. The molecule has 1 aromatic carbocycles. The van der Waals surface area contributed by atoms with Gasteiger partial charge in [-0.2, -0.15) is 4.57 Å². The van der Waals surface area contributed by atoms with Crippen LogP contribution in [0, 0.1) is 0 Å². The van der Waals surface area contributed by atoms with Crippen LogP contribution in [0.3, 0.4) is 0 Å². The summed E-state index contributed by atoms with van der Waals surface area (Å²) >= 11 is 0. The van der Waals surface area contributed by atoms with Crippen LogP contribution in [0.15, 0.2) is 40.1 Å². The van der Waals surface area contributed by atoms with Crippen molar-refractivity contribution >= 4 is 11.0 Å². The molecule has 1 aliphatic heterocycles. The quantitative estimate of drug-likeness (QED) is 0.786. The van der Waals surface area contributed by atoms with Crippen molar-refractivity contribution in [2.75, 3.05) is 6.79 Å². The molecule has 24 heavy (non-hydrogen) atoms. The zero-order chi connectivity index (χ0) is 16.7. The summed E-state index contributed by atoms with van der Waals surface area (Å²) in [6, 6.07) is 7.34. The summed E-state index contributed by atoms with van der Waals surface area (Å²) in [6.45, 7) is 2.69. The number of hydrogen-bond donors (Lipinski definition) is 1. The molecule has 0 aliphatic carbocycles. The van der Waals surface area contributed by atoms with Gasteiger partial charge < -0.3 is 9.47 Å². The molecular weight excluding hydrogens is 310 g/mol. The monoisotopic (exact) mass is 326 g/mol. The first kappa shape index (κ1) is 14.5. The zero-order valence-corrected chi connectivity index (χ0v) is 13.1. The zero-order valence-electron chi connectivity index (χ0n) is 13.1. The Balaban J connectivity index is 2.02. The maximum absolute atomic E-state index is 12.4. The number of hydrogen-bond acceptors (Lipinski definition) is 4. The Morgan fingerprint density at radius 1 is 1.21 bits per heavy atom. The number of nitrogens with one attached hydrogen (secondary N) is 2. The highest BCUT2D eigenvalue weighted by Crippen LogP contribution is 2.36. The first-order valence-corrected chi connectivity index (χ1v) is 7.76. The van der Waals surface area contributed by atoms with Crippen LogP contribution in [0.1, 0.15) is 13.3 Å². The molecule has 0 saturated carbocycles. The molecule has 2 N–H and O–H groups in total. The smallest absolute Gasteiger partial charge is 0.415 e. The fourth-order valence-electron chi connectivity index (χ4n) is 3.00. The molecule has 0 radical (unpaired) electrons. The number of nitrogens with zero attached hydrogens (tertiary/aromatic N) is 1. The van der Waals surface area contributed by atoms with E-state index in [0.717, 1.165) is 17.5 Å². The highest BCUT2D eigenvalue weighted by molar-refractivity contribution is 5.90. The number of rotatable bonds is 3. The summed E-state index contributed by atoms with van der Waals surface area (Å²) in [5.41, 5.74) is 1.25. The van der Waals surface area contributed by atoms with E-state index in [1.165, 1.54) is 0 Å². The molecule has 122 valence electrons. The molecule has 4 rings (SSSR count). The maximum atomic E-state index is 12.4. The molecule has 1 aliphatic rings. The van der Waals surface area contributed by atoms with Crippen molar-refractivity contribution in [3.05, 3.63) is 51.3 Å². The Bertz CT molecular complexity index is 1050. The average Bonchev–Trinajstić information content (AvgIpc) is 3.05. The van der Waals surface area contributed by atoms with Gasteiger partial charge in [-0.3, -0.25) is 9.78 Å². The van der Waals surface area contributed by atoms with Crippen LogP contribution in [0.25, 0.3) is 22.2 Å². The molecule has 0 saturated heterocycles. The van der Waals surface area contributed by atoms with Crippen molar-refractivity contribution in [3.63, 3.8) is 0 Å². The van der Waals surface area contributed by atoms with Gasteiger partial charge in [-0.05, 0) is 30.2 Å². The summed E-state index contributed by atoms with van der Waals surface area (Å²) in [4.78, 5) is 30.0. The molecule has 7 nitrogen and oxygen atoms in total. The molecule has 0 amide bonds. The van der Waals surface area contributed by atoms with E-state index in [2.05, 4.69) is 9.97 Å². The minimum atomic E-state index is -0.410. The summed E-state index contributed by atoms with van der Waals surface area (Å²) in [5, 5.41) is 0.449. The van der Waals surface area contributed by atoms with E-state index in [0.29, 0.717) is 29.1 Å². The number of ether oxygens (including phenoxy) is 2. The van der Waals surface area contributed by atoms with Crippen LogP contribution in [-0.2, 0) is 6.54 Å². The number of aromatic nitrogens is 3. The van der Waals surface area contributed by atoms with Crippen molar-refractivity contribution in [2.45, 2.75) is 19.9 Å². The first-order valence-electron chi connectivity index (χ1n) is 7.76. The van der Waals surface area contributed by atoms with Gasteiger partial charge in [-0.25, -0.2) is 9.78 Å². The van der Waals surface area contributed by atoms with Crippen LogP contribution < -0.4 is 25.7 Å². The van der Waals surface area contributed by atoms with E-state index in [4.69, 9.17) is 9.47 Å². The van der Waals surface area contributed by atoms with E-state index in [1.807, 2.05) is 31.2 Å². The number of aromatic amines is 2. The van der Waals surface area contributed by atoms with Crippen LogP contribution in [0.4, 0.5) is 0 Å². The van der Waals surface area contributed by atoms with Gasteiger partial charge >= 0.3 is 5.69 Å². The third-order valence-electron chi connectivity index (χ3n) is 4.07. The average molecular weight is 326 g/mol. The van der Waals surface area contributed by atoms with Gasteiger partial charge in [-0.1, -0.05) is 13.0 Å². The van der Waals surface area contributed by atoms with Gasteiger partial charge in [0.25, 0.3) is 11.2 Å². The largest absolute Gasteiger partial charge is 0.454 e. The lowest BCUT2D eigenvalue weighted by Gasteiger charge is -2.06. The second-order valence-electron chi connectivity index (χ2n) is 5.59. The minimum absolute atomic E-state index is 0.193. The topological polar surface area (TPSA) is 87.5 Å². The fourth-order valence-corrected chi connectivity index (χ4v) is 3.00. The van der Waals surface area contributed by atoms with Gasteiger partial charge in [0.15, 0.2) is 11.5 Å². The molecule has 0 atom stereocenters. The van der Waals surface area contributed by atoms with Crippen molar-refractivity contribution < 1.29 is 14.5 Å². The summed E-state index contributed by atoms with van der Waals surface area (Å²) in [7, 11) is 0. The lowest BCUT2D eigenvalue weighted by atomic mass is 10.0. The predicted octanol–water partition coefficient (Wildman–Crippen LogP) is 1.31. The van der Waals surface area contributed by atoms with E-state index < -0.39 is 11.2 Å². The van der Waals surface area contributed by atoms with Gasteiger partial charge in [0.05, 0.1) is 12.7 Å². The predicted molar refractivity (Wildman–Crippen MR) is 87.2 cm³/mol. The van der Waals surface area contributed by atoms with Gasteiger partial charge in [0.2, 0.25) is 6.79 Å². The second kappa shape index (κ2) is 5.52. The van der Waals surface area contributed by atoms with Crippen molar-refractivity contribution in [3.8, 4) is 22.6 Å². The van der Waals surface area contributed by atoms with Gasteiger partial charge in [0.1, 0.15) is 5.39 Å². The summed E-state index contributed by atoms with van der Waals surface area (Å²) < 4.78 is 12.3. The molecule has 3 heterocycles. The van der Waals surface area contributed by atoms with E-state index >= 15 is 0 Å². The Morgan fingerprint density at radius 3 is 2.88 bits per heavy atom. The summed E-state index contributed by atoms with van der Waals surface area (Å²) in [5.74, 6) is 1.33. The number of benzene rings is 1. The molecule has 0 unspecified atom stereocenters. The number of fused-ring (bicyclic) bond motifs is 2. The number of aryl methyl sites for hydroxylation is 1. The molecular formula is C17H16N3O4+. The first-order chi connectivity index (χ1) is 11.7. The van der Waals surface area contributed by atoms with Crippen molar-refractivity contribution in [1.82, 2.24) is 9.55 Å². The minimum Gasteiger partial charge on any atom is -0.454 e.